The number of carbonyl (C=O) groups excluding carboxylic acids is 3. The van der Waals surface area contributed by atoms with Crippen LogP contribution < -0.4 is 5.32 Å². The van der Waals surface area contributed by atoms with Crippen molar-refractivity contribution in [2.75, 3.05) is 32.7 Å². The Hall–Kier alpha value is -3.19. The maximum atomic E-state index is 12.9. The molecule has 0 spiro atoms. The average molecular weight is 435 g/mol. The monoisotopic (exact) mass is 434 g/mol. The fraction of sp³-hybridized carbons (Fsp3) is 0.400. The van der Waals surface area contributed by atoms with Gasteiger partial charge in [0.05, 0.1) is 6.04 Å². The molecule has 1 atom stereocenters. The van der Waals surface area contributed by atoms with E-state index in [2.05, 4.69) is 34.5 Å². The number of nitrogens with one attached hydrogen (secondary N) is 1. The molecule has 2 aromatic rings. The molecule has 2 saturated heterocycles. The van der Waals surface area contributed by atoms with Gasteiger partial charge in [-0.25, -0.2) is 4.79 Å². The van der Waals surface area contributed by atoms with E-state index in [0.29, 0.717) is 32.6 Å². The number of hydrogen-bond donors (Lipinski definition) is 1. The van der Waals surface area contributed by atoms with Crippen molar-refractivity contribution in [3.05, 3.63) is 71.8 Å². The number of piperazine rings is 1. The fourth-order valence-corrected chi connectivity index (χ4v) is 4.48. The number of amides is 4. The van der Waals surface area contributed by atoms with Crippen LogP contribution in [0.1, 0.15) is 37.4 Å². The van der Waals surface area contributed by atoms with Crippen molar-refractivity contribution in [3.8, 4) is 0 Å². The SMILES string of the molecule is CC[C@@]1(C)NC(=O)N(CC(=O)N2CCN(C(c3ccccc3)c3ccccc3)CC2)C1=O. The van der Waals surface area contributed by atoms with Crippen molar-refractivity contribution in [2.24, 2.45) is 0 Å². The summed E-state index contributed by atoms with van der Waals surface area (Å²) in [5.41, 5.74) is 1.52. The molecule has 0 bridgehead atoms. The molecule has 7 nitrogen and oxygen atoms in total. The van der Waals surface area contributed by atoms with Gasteiger partial charge in [-0.1, -0.05) is 67.6 Å². The van der Waals surface area contributed by atoms with Gasteiger partial charge in [0.15, 0.2) is 0 Å². The molecule has 4 amide bonds. The van der Waals surface area contributed by atoms with Crippen LogP contribution in [-0.2, 0) is 9.59 Å². The molecule has 2 aromatic carbocycles. The van der Waals surface area contributed by atoms with E-state index >= 15 is 0 Å². The predicted molar refractivity (Wildman–Crippen MR) is 122 cm³/mol. The highest BCUT2D eigenvalue weighted by atomic mass is 16.2. The Morgan fingerprint density at radius 3 is 1.94 bits per heavy atom. The summed E-state index contributed by atoms with van der Waals surface area (Å²) in [6.07, 6.45) is 0.487. The molecule has 0 aromatic heterocycles. The van der Waals surface area contributed by atoms with Crippen LogP contribution in [-0.4, -0.2) is 70.8 Å². The van der Waals surface area contributed by atoms with E-state index in [9.17, 15) is 14.4 Å². The van der Waals surface area contributed by atoms with Gasteiger partial charge >= 0.3 is 6.03 Å². The Balaban J connectivity index is 1.42. The molecule has 0 radical (unpaired) electrons. The number of urea groups is 1. The quantitative estimate of drug-likeness (QED) is 0.710. The molecule has 32 heavy (non-hydrogen) atoms. The van der Waals surface area contributed by atoms with Gasteiger partial charge in [0.1, 0.15) is 12.1 Å². The molecule has 2 heterocycles. The summed E-state index contributed by atoms with van der Waals surface area (Å²) in [6.45, 7) is 5.89. The van der Waals surface area contributed by atoms with Crippen molar-refractivity contribution >= 4 is 17.8 Å². The van der Waals surface area contributed by atoms with Crippen molar-refractivity contribution in [2.45, 2.75) is 31.8 Å². The highest BCUT2D eigenvalue weighted by Crippen LogP contribution is 2.29. The van der Waals surface area contributed by atoms with Gasteiger partial charge in [0, 0.05) is 26.2 Å². The lowest BCUT2D eigenvalue weighted by Gasteiger charge is -2.40. The largest absolute Gasteiger partial charge is 0.339 e. The van der Waals surface area contributed by atoms with Crippen molar-refractivity contribution in [1.82, 2.24) is 20.0 Å². The zero-order chi connectivity index (χ0) is 22.7. The zero-order valence-electron chi connectivity index (χ0n) is 18.7. The highest BCUT2D eigenvalue weighted by Gasteiger charge is 2.47. The minimum absolute atomic E-state index is 0.117. The van der Waals surface area contributed by atoms with Crippen LogP contribution in [0.15, 0.2) is 60.7 Å². The van der Waals surface area contributed by atoms with Gasteiger partial charge in [0.25, 0.3) is 5.91 Å². The number of imide groups is 1. The summed E-state index contributed by atoms with van der Waals surface area (Å²) in [7, 11) is 0. The number of carbonyl (C=O) groups is 3. The molecular formula is C25H30N4O3. The van der Waals surface area contributed by atoms with Crippen LogP contribution in [0, 0.1) is 0 Å². The van der Waals surface area contributed by atoms with Gasteiger partial charge in [-0.15, -0.1) is 0 Å². The Bertz CT molecular complexity index is 934. The van der Waals surface area contributed by atoms with E-state index in [1.807, 2.05) is 43.3 Å². The van der Waals surface area contributed by atoms with Gasteiger partial charge in [-0.2, -0.15) is 0 Å². The third-order valence-corrected chi connectivity index (χ3v) is 6.61. The topological polar surface area (TPSA) is 73.0 Å². The highest BCUT2D eigenvalue weighted by molar-refractivity contribution is 6.08. The zero-order valence-corrected chi connectivity index (χ0v) is 18.7. The minimum atomic E-state index is -0.922. The molecule has 4 rings (SSSR count). The minimum Gasteiger partial charge on any atom is -0.339 e. The fourth-order valence-electron chi connectivity index (χ4n) is 4.48. The molecule has 2 aliphatic rings. The standard InChI is InChI=1S/C25H30N4O3/c1-3-25(2)23(31)29(24(32)26-25)18-21(30)27-14-16-28(17-15-27)22(19-10-6-4-7-11-19)20-12-8-5-9-13-20/h4-13,22H,3,14-18H2,1-2H3,(H,26,32)/t25-/m1/s1. The summed E-state index contributed by atoms with van der Waals surface area (Å²) in [5.74, 6) is -0.519. The third kappa shape index (κ3) is 4.25. The lowest BCUT2D eigenvalue weighted by atomic mass is 9.96. The third-order valence-electron chi connectivity index (χ3n) is 6.61. The first kappa shape index (κ1) is 22.0. The second-order valence-electron chi connectivity index (χ2n) is 8.65. The first-order chi connectivity index (χ1) is 15.4. The van der Waals surface area contributed by atoms with Crippen molar-refractivity contribution in [3.63, 3.8) is 0 Å². The van der Waals surface area contributed by atoms with Crippen LogP contribution in [0.3, 0.4) is 0 Å². The van der Waals surface area contributed by atoms with E-state index in [0.717, 1.165) is 4.90 Å². The lowest BCUT2D eigenvalue weighted by Crippen LogP contribution is -2.52. The number of nitrogens with zero attached hydrogens (tertiary/aromatic N) is 3. The van der Waals surface area contributed by atoms with Gasteiger partial charge < -0.3 is 10.2 Å². The summed E-state index contributed by atoms with van der Waals surface area (Å²) in [5, 5.41) is 2.70. The maximum Gasteiger partial charge on any atom is 0.325 e. The molecule has 168 valence electrons. The molecule has 0 unspecified atom stereocenters. The van der Waals surface area contributed by atoms with Crippen LogP contribution >= 0.6 is 0 Å². The first-order valence-corrected chi connectivity index (χ1v) is 11.2. The molecule has 2 aliphatic heterocycles. The molecular weight excluding hydrogens is 404 g/mol. The molecule has 1 N–H and O–H groups in total. The van der Waals surface area contributed by atoms with Crippen LogP contribution in [0.25, 0.3) is 0 Å². The van der Waals surface area contributed by atoms with E-state index < -0.39 is 11.6 Å². The Morgan fingerprint density at radius 2 is 1.47 bits per heavy atom. The van der Waals surface area contributed by atoms with Crippen molar-refractivity contribution < 1.29 is 14.4 Å². The van der Waals surface area contributed by atoms with E-state index in [-0.39, 0.29) is 24.4 Å². The smallest absolute Gasteiger partial charge is 0.325 e. The number of hydrogen-bond acceptors (Lipinski definition) is 4. The number of rotatable bonds is 6. The average Bonchev–Trinajstić information content (AvgIpc) is 3.04. The second-order valence-corrected chi connectivity index (χ2v) is 8.65. The summed E-state index contributed by atoms with van der Waals surface area (Å²) in [6, 6.07) is 20.4. The van der Waals surface area contributed by atoms with E-state index in [1.165, 1.54) is 11.1 Å². The summed E-state index contributed by atoms with van der Waals surface area (Å²) < 4.78 is 0. The lowest BCUT2D eigenvalue weighted by molar-refractivity contribution is -0.139. The predicted octanol–water partition coefficient (Wildman–Crippen LogP) is 2.64. The molecule has 2 fully saturated rings. The van der Waals surface area contributed by atoms with Gasteiger partial charge in [0.2, 0.25) is 5.91 Å². The van der Waals surface area contributed by atoms with Gasteiger partial charge in [-0.05, 0) is 24.5 Å². The van der Waals surface area contributed by atoms with Crippen LogP contribution in [0.2, 0.25) is 0 Å². The Kier molecular flexibility index (Phi) is 6.28. The second kappa shape index (κ2) is 9.12. The summed E-state index contributed by atoms with van der Waals surface area (Å²) >= 11 is 0. The Morgan fingerprint density at radius 1 is 0.938 bits per heavy atom. The van der Waals surface area contributed by atoms with Gasteiger partial charge in [-0.3, -0.25) is 19.4 Å². The van der Waals surface area contributed by atoms with Crippen molar-refractivity contribution in [1.29, 1.82) is 0 Å². The molecule has 0 aliphatic carbocycles. The number of benzene rings is 2. The van der Waals surface area contributed by atoms with Crippen LogP contribution in [0.4, 0.5) is 4.79 Å². The van der Waals surface area contributed by atoms with E-state index in [4.69, 9.17) is 0 Å². The molecule has 7 heteroatoms. The summed E-state index contributed by atoms with van der Waals surface area (Å²) in [4.78, 5) is 42.9. The Labute approximate surface area is 189 Å². The van der Waals surface area contributed by atoms with E-state index in [1.54, 1.807) is 11.8 Å². The molecule has 0 saturated carbocycles. The first-order valence-electron chi connectivity index (χ1n) is 11.2. The normalized spacial score (nSPS) is 21.8. The van der Waals surface area contributed by atoms with Crippen LogP contribution in [0.5, 0.6) is 0 Å². The maximum absolute atomic E-state index is 12.9.